The van der Waals surface area contributed by atoms with Gasteiger partial charge in [-0.2, -0.15) is 0 Å². The van der Waals surface area contributed by atoms with Crippen molar-refractivity contribution in [2.75, 3.05) is 19.5 Å². The van der Waals surface area contributed by atoms with Crippen molar-refractivity contribution in [1.82, 2.24) is 9.61 Å². The number of rotatable bonds is 3. The lowest BCUT2D eigenvalue weighted by Gasteiger charge is -2.19. The summed E-state index contributed by atoms with van der Waals surface area (Å²) < 4.78 is 16.5. The fraction of sp³-hybridized carbons (Fsp3) is 0.400. The lowest BCUT2D eigenvalue weighted by Crippen LogP contribution is -2.27. The zero-order valence-electron chi connectivity index (χ0n) is 13.7. The molecule has 2 rings (SSSR count). The molecule has 1 N–H and O–H groups in total. The third-order valence-corrected chi connectivity index (χ3v) is 2.85. The van der Waals surface area contributed by atoms with Crippen LogP contribution in [0, 0.1) is 0 Å². The van der Waals surface area contributed by atoms with Gasteiger partial charge in [0.15, 0.2) is 5.82 Å². The van der Waals surface area contributed by atoms with Gasteiger partial charge in [-0.1, -0.05) is 0 Å². The molecule has 8 heteroatoms. The average molecular weight is 321 g/mol. The van der Waals surface area contributed by atoms with E-state index in [0.29, 0.717) is 11.3 Å². The van der Waals surface area contributed by atoms with Gasteiger partial charge in [-0.3, -0.25) is 5.32 Å². The number of hydrogen-bond acceptors (Lipinski definition) is 6. The zero-order valence-corrected chi connectivity index (χ0v) is 13.7. The van der Waals surface area contributed by atoms with Crippen LogP contribution in [0.1, 0.15) is 31.1 Å². The van der Waals surface area contributed by atoms with Crippen LogP contribution in [-0.2, 0) is 9.47 Å². The van der Waals surface area contributed by atoms with Crippen molar-refractivity contribution in [2.45, 2.75) is 26.4 Å². The summed E-state index contributed by atoms with van der Waals surface area (Å²) in [6, 6.07) is 3.30. The number of pyridine rings is 1. The van der Waals surface area contributed by atoms with E-state index >= 15 is 0 Å². The number of carbonyl (C=O) groups excluding carboxylic acids is 2. The molecule has 0 saturated heterocycles. The first-order valence-electron chi connectivity index (χ1n) is 6.90. The van der Waals surface area contributed by atoms with Gasteiger partial charge in [-0.15, -0.1) is 5.10 Å². The second-order valence-electron chi connectivity index (χ2n) is 5.74. The van der Waals surface area contributed by atoms with E-state index in [1.165, 1.54) is 18.7 Å². The summed E-state index contributed by atoms with van der Waals surface area (Å²) in [4.78, 5) is 24.0. The van der Waals surface area contributed by atoms with Gasteiger partial charge in [-0.05, 0) is 26.8 Å². The maximum absolute atomic E-state index is 12.1. The van der Waals surface area contributed by atoms with E-state index in [1.807, 2.05) is 0 Å². The molecule has 2 aromatic heterocycles. The van der Waals surface area contributed by atoms with Crippen molar-refractivity contribution in [1.29, 1.82) is 0 Å². The van der Waals surface area contributed by atoms with Crippen LogP contribution in [0.25, 0.3) is 5.52 Å². The fourth-order valence-corrected chi connectivity index (χ4v) is 1.94. The molecule has 0 atom stereocenters. The molecule has 0 saturated carbocycles. The highest BCUT2D eigenvalue weighted by Gasteiger charge is 2.24. The van der Waals surface area contributed by atoms with Crippen LogP contribution >= 0.6 is 0 Å². The Morgan fingerprint density at radius 1 is 1.26 bits per heavy atom. The summed E-state index contributed by atoms with van der Waals surface area (Å²) >= 11 is 0. The van der Waals surface area contributed by atoms with Crippen molar-refractivity contribution in [3.63, 3.8) is 0 Å². The molecule has 0 aromatic carbocycles. The second kappa shape index (κ2) is 6.15. The first-order chi connectivity index (χ1) is 10.7. The summed E-state index contributed by atoms with van der Waals surface area (Å²) in [6.07, 6.45) is 0.902. The Hall–Kier alpha value is -2.77. The predicted molar refractivity (Wildman–Crippen MR) is 82.9 cm³/mol. The normalized spacial score (nSPS) is 11.2. The first-order valence-corrected chi connectivity index (χ1v) is 6.90. The number of hydrogen-bond donors (Lipinski definition) is 1. The number of nitrogens with zero attached hydrogens (tertiary/aromatic N) is 2. The fourth-order valence-electron chi connectivity index (χ4n) is 1.94. The van der Waals surface area contributed by atoms with Crippen LogP contribution in [0.3, 0.4) is 0 Å². The van der Waals surface area contributed by atoms with Crippen molar-refractivity contribution in [3.8, 4) is 5.75 Å². The van der Waals surface area contributed by atoms with E-state index in [0.717, 1.165) is 0 Å². The summed E-state index contributed by atoms with van der Waals surface area (Å²) in [6.45, 7) is 5.22. The number of ether oxygens (including phenoxy) is 3. The maximum atomic E-state index is 12.1. The summed E-state index contributed by atoms with van der Waals surface area (Å²) in [5.41, 5.74) is -0.0998. The Balaban J connectivity index is 2.46. The lowest BCUT2D eigenvalue weighted by molar-refractivity contribution is 0.0604. The highest BCUT2D eigenvalue weighted by molar-refractivity contribution is 6.04. The number of methoxy groups -OCH3 is 2. The summed E-state index contributed by atoms with van der Waals surface area (Å²) in [5, 5.41) is 6.65. The Labute approximate surface area is 133 Å². The monoisotopic (exact) mass is 321 g/mol. The topological polar surface area (TPSA) is 91.2 Å². The van der Waals surface area contributed by atoms with E-state index in [-0.39, 0.29) is 11.4 Å². The minimum Gasteiger partial charge on any atom is -0.497 e. The molecule has 124 valence electrons. The zero-order chi connectivity index (χ0) is 17.2. The van der Waals surface area contributed by atoms with E-state index in [9.17, 15) is 9.59 Å². The Morgan fingerprint density at radius 3 is 2.52 bits per heavy atom. The van der Waals surface area contributed by atoms with E-state index in [1.54, 1.807) is 39.1 Å². The van der Waals surface area contributed by atoms with Crippen LogP contribution < -0.4 is 10.1 Å². The number of anilines is 1. The number of nitrogens with one attached hydrogen (secondary N) is 1. The maximum Gasteiger partial charge on any atom is 0.413 e. The average Bonchev–Trinajstić information content (AvgIpc) is 2.80. The Bertz CT molecular complexity index is 745. The number of aromatic nitrogens is 2. The number of fused-ring (bicyclic) bond motifs is 1. The van der Waals surface area contributed by atoms with Crippen molar-refractivity contribution < 1.29 is 23.8 Å². The largest absolute Gasteiger partial charge is 0.497 e. The first kappa shape index (κ1) is 16.6. The Kier molecular flexibility index (Phi) is 4.44. The van der Waals surface area contributed by atoms with Crippen LogP contribution in [0.4, 0.5) is 10.6 Å². The predicted octanol–water partition coefficient (Wildman–Crippen LogP) is 2.48. The molecule has 23 heavy (non-hydrogen) atoms. The molecule has 0 fully saturated rings. The number of esters is 1. The highest BCUT2D eigenvalue weighted by Crippen LogP contribution is 2.25. The van der Waals surface area contributed by atoms with E-state index in [4.69, 9.17) is 14.2 Å². The van der Waals surface area contributed by atoms with Crippen LogP contribution in [-0.4, -0.2) is 41.5 Å². The quantitative estimate of drug-likeness (QED) is 0.873. The highest BCUT2D eigenvalue weighted by atomic mass is 16.6. The van der Waals surface area contributed by atoms with Crippen molar-refractivity contribution >= 4 is 23.4 Å². The molecular formula is C15H19N3O5. The van der Waals surface area contributed by atoms with Crippen LogP contribution in [0.5, 0.6) is 5.75 Å². The number of carbonyl (C=O) groups is 2. The van der Waals surface area contributed by atoms with Crippen LogP contribution in [0.15, 0.2) is 18.3 Å². The molecule has 2 aromatic rings. The molecule has 2 heterocycles. The SMILES string of the molecule is COC(=O)c1c(NC(=O)OC(C)(C)C)nn2ccc(OC)cc12. The smallest absolute Gasteiger partial charge is 0.413 e. The van der Waals surface area contributed by atoms with Crippen molar-refractivity contribution in [2.24, 2.45) is 0 Å². The molecule has 8 nitrogen and oxygen atoms in total. The third-order valence-electron chi connectivity index (χ3n) is 2.85. The molecule has 0 spiro atoms. The molecule has 0 bridgehead atoms. The third kappa shape index (κ3) is 3.71. The Morgan fingerprint density at radius 2 is 1.96 bits per heavy atom. The molecule has 1 amide bonds. The van der Waals surface area contributed by atoms with Gasteiger partial charge in [0.25, 0.3) is 0 Å². The van der Waals surface area contributed by atoms with E-state index in [2.05, 4.69) is 10.4 Å². The standard InChI is InChI=1S/C15H19N3O5/c1-15(2,3)23-14(20)16-12-11(13(19)22-5)10-8-9(21-4)6-7-18(10)17-12/h6-8H,1-5H3,(H,16,17,20). The minimum absolute atomic E-state index is 0.0550. The summed E-state index contributed by atoms with van der Waals surface area (Å²) in [5.74, 6) is -0.0231. The molecule has 0 aliphatic carbocycles. The van der Waals surface area contributed by atoms with Gasteiger partial charge in [0.1, 0.15) is 16.9 Å². The van der Waals surface area contributed by atoms with Gasteiger partial charge in [-0.25, -0.2) is 14.1 Å². The van der Waals surface area contributed by atoms with Crippen molar-refractivity contribution in [3.05, 3.63) is 23.9 Å². The van der Waals surface area contributed by atoms with Crippen LogP contribution in [0.2, 0.25) is 0 Å². The van der Waals surface area contributed by atoms with Gasteiger partial charge >= 0.3 is 12.1 Å². The molecular weight excluding hydrogens is 302 g/mol. The van der Waals surface area contributed by atoms with Gasteiger partial charge < -0.3 is 14.2 Å². The lowest BCUT2D eigenvalue weighted by atomic mass is 10.2. The second-order valence-corrected chi connectivity index (χ2v) is 5.74. The molecule has 0 unspecified atom stereocenters. The van der Waals surface area contributed by atoms with Gasteiger partial charge in [0.05, 0.1) is 19.7 Å². The molecule has 0 aliphatic rings. The van der Waals surface area contributed by atoms with Gasteiger partial charge in [0.2, 0.25) is 0 Å². The molecule has 0 aliphatic heterocycles. The summed E-state index contributed by atoms with van der Waals surface area (Å²) in [7, 11) is 2.77. The minimum atomic E-state index is -0.710. The molecule has 0 radical (unpaired) electrons. The van der Waals surface area contributed by atoms with E-state index < -0.39 is 17.7 Å². The van der Waals surface area contributed by atoms with Gasteiger partial charge in [0, 0.05) is 12.3 Å². The number of amides is 1.